The molecule has 1 aliphatic carbocycles. The van der Waals surface area contributed by atoms with Crippen molar-refractivity contribution in [3.05, 3.63) is 29.8 Å². The molecule has 1 saturated carbocycles. The fourth-order valence-corrected chi connectivity index (χ4v) is 3.22. The number of carbonyl (C=O) groups excluding carboxylic acids is 1. The minimum absolute atomic E-state index is 0. The Morgan fingerprint density at radius 1 is 1.31 bits per heavy atom. The van der Waals surface area contributed by atoms with Crippen molar-refractivity contribution in [1.82, 2.24) is 10.2 Å². The Morgan fingerprint density at radius 2 is 2.00 bits per heavy atom. The molecule has 1 fully saturated rings. The summed E-state index contributed by atoms with van der Waals surface area (Å²) in [4.78, 5) is 14.6. The number of nitrogens with zero attached hydrogens (tertiary/aromatic N) is 1. The minimum atomic E-state index is -0.399. The number of rotatable bonds is 7. The van der Waals surface area contributed by atoms with E-state index in [4.69, 9.17) is 10.5 Å². The maximum Gasteiger partial charge on any atom is 0.225 e. The molecule has 1 aliphatic rings. The van der Waals surface area contributed by atoms with E-state index in [9.17, 15) is 4.79 Å². The van der Waals surface area contributed by atoms with Crippen LogP contribution in [0.5, 0.6) is 5.75 Å². The van der Waals surface area contributed by atoms with E-state index in [1.54, 1.807) is 0 Å². The summed E-state index contributed by atoms with van der Waals surface area (Å²) in [5.74, 6) is 0.787. The van der Waals surface area contributed by atoms with Gasteiger partial charge in [0.05, 0.1) is 5.92 Å². The predicted molar refractivity (Wildman–Crippen MR) is 111 cm³/mol. The lowest BCUT2D eigenvalue weighted by Gasteiger charge is -2.37. The molecule has 2 atom stereocenters. The van der Waals surface area contributed by atoms with Gasteiger partial charge in [-0.2, -0.15) is 0 Å². The molecule has 2 rings (SSSR count). The summed E-state index contributed by atoms with van der Waals surface area (Å²) in [7, 11) is 4.03. The fourth-order valence-electron chi connectivity index (χ4n) is 3.22. The van der Waals surface area contributed by atoms with Crippen molar-refractivity contribution in [3.63, 3.8) is 0 Å². The fraction of sp³-hybridized carbons (Fsp3) is 0.632. The number of amides is 1. The number of carbonyl (C=O) groups is 1. The zero-order valence-electron chi connectivity index (χ0n) is 16.0. The van der Waals surface area contributed by atoms with Gasteiger partial charge < -0.3 is 20.7 Å². The summed E-state index contributed by atoms with van der Waals surface area (Å²) in [6.45, 7) is 3.95. The van der Waals surface area contributed by atoms with Crippen molar-refractivity contribution < 1.29 is 9.53 Å². The second-order valence-electron chi connectivity index (χ2n) is 7.28. The highest BCUT2D eigenvalue weighted by Crippen LogP contribution is 2.31. The molecule has 0 heterocycles. The third kappa shape index (κ3) is 7.31. The van der Waals surface area contributed by atoms with E-state index in [1.165, 1.54) is 0 Å². The Hall–Kier alpha value is -1.01. The van der Waals surface area contributed by atoms with Crippen LogP contribution in [0.2, 0.25) is 0 Å². The molecular formula is C19H33Cl2N3O2. The molecule has 3 N–H and O–H groups in total. The van der Waals surface area contributed by atoms with Crippen LogP contribution in [0.1, 0.15) is 38.2 Å². The molecule has 0 aromatic heterocycles. The number of nitrogens with two attached hydrogens (primary N) is 1. The van der Waals surface area contributed by atoms with Gasteiger partial charge >= 0.3 is 0 Å². The molecule has 2 unspecified atom stereocenters. The lowest BCUT2D eigenvalue weighted by atomic mass is 9.74. The smallest absolute Gasteiger partial charge is 0.225 e. The molecule has 1 aromatic rings. The third-order valence-electron chi connectivity index (χ3n) is 4.79. The lowest BCUT2D eigenvalue weighted by Crippen LogP contribution is -2.52. The lowest BCUT2D eigenvalue weighted by molar-refractivity contribution is -0.128. The Morgan fingerprint density at radius 3 is 2.65 bits per heavy atom. The molecule has 0 aliphatic heterocycles. The van der Waals surface area contributed by atoms with Gasteiger partial charge in [0.1, 0.15) is 12.4 Å². The van der Waals surface area contributed by atoms with Gasteiger partial charge in [-0.3, -0.25) is 4.79 Å². The standard InChI is InChI=1S/C19H31N3O2.2ClH/c1-19(20)11-7-6-9-16(19)18(23)21-14-15-8-4-5-10-17(15)24-13-12-22(2)3;;/h4-5,8,10,16H,6-7,9,11-14,20H2,1-3H3,(H,21,23);2*1H. The number of benzene rings is 1. The summed E-state index contributed by atoms with van der Waals surface area (Å²) in [6, 6.07) is 7.86. The van der Waals surface area contributed by atoms with Crippen LogP contribution in [0, 0.1) is 5.92 Å². The van der Waals surface area contributed by atoms with Crippen LogP contribution in [0.4, 0.5) is 0 Å². The molecule has 5 nitrogen and oxygen atoms in total. The zero-order valence-corrected chi connectivity index (χ0v) is 17.6. The summed E-state index contributed by atoms with van der Waals surface area (Å²) in [5, 5.41) is 3.05. The van der Waals surface area contributed by atoms with Crippen molar-refractivity contribution in [3.8, 4) is 5.75 Å². The minimum Gasteiger partial charge on any atom is -0.492 e. The van der Waals surface area contributed by atoms with E-state index in [-0.39, 0.29) is 36.6 Å². The Labute approximate surface area is 169 Å². The van der Waals surface area contributed by atoms with Gasteiger partial charge in [-0.05, 0) is 39.9 Å². The van der Waals surface area contributed by atoms with Crippen molar-refractivity contribution in [2.75, 3.05) is 27.2 Å². The van der Waals surface area contributed by atoms with Crippen LogP contribution in [0.3, 0.4) is 0 Å². The van der Waals surface area contributed by atoms with Gasteiger partial charge in [0, 0.05) is 24.2 Å². The van der Waals surface area contributed by atoms with Crippen molar-refractivity contribution in [2.24, 2.45) is 11.7 Å². The van der Waals surface area contributed by atoms with E-state index < -0.39 is 5.54 Å². The van der Waals surface area contributed by atoms with E-state index >= 15 is 0 Å². The topological polar surface area (TPSA) is 67.6 Å². The van der Waals surface area contributed by atoms with Crippen LogP contribution in [-0.2, 0) is 11.3 Å². The van der Waals surface area contributed by atoms with E-state index in [0.717, 1.165) is 43.5 Å². The van der Waals surface area contributed by atoms with Gasteiger partial charge in [0.15, 0.2) is 0 Å². The number of halogens is 2. The second-order valence-corrected chi connectivity index (χ2v) is 7.28. The maximum atomic E-state index is 12.6. The molecule has 0 saturated heterocycles. The van der Waals surface area contributed by atoms with Gasteiger partial charge in [-0.25, -0.2) is 0 Å². The summed E-state index contributed by atoms with van der Waals surface area (Å²) in [6.07, 6.45) is 3.98. The van der Waals surface area contributed by atoms with Gasteiger partial charge in [0.2, 0.25) is 5.91 Å². The van der Waals surface area contributed by atoms with Crippen LogP contribution >= 0.6 is 24.8 Å². The molecule has 1 amide bonds. The first kappa shape index (κ1) is 25.0. The molecular weight excluding hydrogens is 373 g/mol. The largest absolute Gasteiger partial charge is 0.492 e. The molecule has 0 radical (unpaired) electrons. The summed E-state index contributed by atoms with van der Waals surface area (Å²) < 4.78 is 5.85. The highest BCUT2D eigenvalue weighted by atomic mass is 35.5. The second kappa shape index (κ2) is 11.7. The SMILES string of the molecule is CN(C)CCOc1ccccc1CNC(=O)C1CCCCC1(C)N.Cl.Cl. The predicted octanol–water partition coefficient (Wildman–Crippen LogP) is 2.99. The average molecular weight is 406 g/mol. The number of para-hydroxylation sites is 1. The van der Waals surface area contributed by atoms with Crippen LogP contribution in [-0.4, -0.2) is 43.6 Å². The summed E-state index contributed by atoms with van der Waals surface area (Å²) >= 11 is 0. The summed E-state index contributed by atoms with van der Waals surface area (Å²) in [5.41, 5.74) is 6.93. The maximum absolute atomic E-state index is 12.6. The normalized spacial score (nSPS) is 22.1. The number of hydrogen-bond acceptors (Lipinski definition) is 4. The van der Waals surface area contributed by atoms with Gasteiger partial charge in [-0.1, -0.05) is 31.0 Å². The molecule has 26 heavy (non-hydrogen) atoms. The molecule has 7 heteroatoms. The first-order valence-electron chi connectivity index (χ1n) is 8.82. The first-order valence-corrected chi connectivity index (χ1v) is 8.82. The Balaban J connectivity index is 0.00000312. The van der Waals surface area contributed by atoms with E-state index in [1.807, 2.05) is 45.3 Å². The highest BCUT2D eigenvalue weighted by Gasteiger charge is 2.37. The zero-order chi connectivity index (χ0) is 17.6. The quantitative estimate of drug-likeness (QED) is 0.731. The molecule has 1 aromatic carbocycles. The van der Waals surface area contributed by atoms with E-state index in [2.05, 4.69) is 10.2 Å². The van der Waals surface area contributed by atoms with E-state index in [0.29, 0.717) is 13.2 Å². The highest BCUT2D eigenvalue weighted by molar-refractivity contribution is 5.85. The van der Waals surface area contributed by atoms with Gasteiger partial charge in [-0.15, -0.1) is 24.8 Å². The molecule has 0 spiro atoms. The molecule has 150 valence electrons. The number of likely N-dealkylation sites (N-methyl/N-ethyl adjacent to an activating group) is 1. The van der Waals surface area contributed by atoms with Crippen LogP contribution in [0.15, 0.2) is 24.3 Å². The monoisotopic (exact) mass is 405 g/mol. The van der Waals surface area contributed by atoms with Crippen LogP contribution in [0.25, 0.3) is 0 Å². The Bertz CT molecular complexity index is 553. The average Bonchev–Trinajstić information content (AvgIpc) is 2.53. The number of nitrogens with one attached hydrogen (secondary N) is 1. The number of hydrogen-bond donors (Lipinski definition) is 2. The first-order chi connectivity index (χ1) is 11.4. The van der Waals surface area contributed by atoms with Crippen molar-refractivity contribution in [1.29, 1.82) is 0 Å². The van der Waals surface area contributed by atoms with Crippen LogP contribution < -0.4 is 15.8 Å². The molecule has 0 bridgehead atoms. The van der Waals surface area contributed by atoms with Crippen molar-refractivity contribution in [2.45, 2.75) is 44.7 Å². The van der Waals surface area contributed by atoms with Crippen molar-refractivity contribution >= 4 is 30.7 Å². The Kier molecular flexibility index (Phi) is 11.2. The number of ether oxygens (including phenoxy) is 1. The van der Waals surface area contributed by atoms with Gasteiger partial charge in [0.25, 0.3) is 0 Å². The third-order valence-corrected chi connectivity index (χ3v) is 4.79.